The molecule has 1 aromatic carbocycles. The van der Waals surface area contributed by atoms with Gasteiger partial charge in [0.05, 0.1) is 0 Å². The molecule has 0 bridgehead atoms. The summed E-state index contributed by atoms with van der Waals surface area (Å²) in [5.41, 5.74) is 0.463. The van der Waals surface area contributed by atoms with Crippen LogP contribution in [0.15, 0.2) is 35.1 Å². The third-order valence-corrected chi connectivity index (χ3v) is 4.98. The first-order valence-corrected chi connectivity index (χ1v) is 8.58. The largest absolute Gasteiger partial charge is 0.451 e. The summed E-state index contributed by atoms with van der Waals surface area (Å²) in [6, 6.07) is 7.90. The van der Waals surface area contributed by atoms with Gasteiger partial charge in [-0.1, -0.05) is 61.6 Å². The number of hydrogen-bond acceptors (Lipinski definition) is 5. The minimum absolute atomic E-state index is 0.156. The number of benzene rings is 1. The summed E-state index contributed by atoms with van der Waals surface area (Å²) in [6.45, 7) is 5.05. The van der Waals surface area contributed by atoms with E-state index in [1.165, 1.54) is 3.96 Å². The number of hydrogen-bond donors (Lipinski definition) is 0. The summed E-state index contributed by atoms with van der Waals surface area (Å²) in [5, 5.41) is 0. The fourth-order valence-electron chi connectivity index (χ4n) is 2.42. The van der Waals surface area contributed by atoms with Gasteiger partial charge in [-0.25, -0.2) is 8.75 Å². The molecule has 2 rings (SSSR count). The minimum atomic E-state index is -0.818. The molecule has 0 spiro atoms. The highest BCUT2D eigenvalue weighted by Gasteiger charge is 2.31. The van der Waals surface area contributed by atoms with Crippen molar-refractivity contribution in [2.75, 3.05) is 6.61 Å². The van der Waals surface area contributed by atoms with Crippen LogP contribution < -0.4 is 5.56 Å². The third-order valence-electron chi connectivity index (χ3n) is 3.72. The summed E-state index contributed by atoms with van der Waals surface area (Å²) in [5.74, 6) is 1.23. The molecule has 0 aliphatic heterocycles. The van der Waals surface area contributed by atoms with Crippen LogP contribution in [0, 0.1) is 25.2 Å². The average molecular weight is 357 g/mol. The number of ether oxygens (including phenoxy) is 1. The Bertz CT molecular complexity index is 871. The predicted octanol–water partition coefficient (Wildman–Crippen LogP) is 2.82. The molecule has 130 valence electrons. The fraction of sp³-hybridized carbons (Fsp3) is 0.316. The van der Waals surface area contributed by atoms with E-state index in [-0.39, 0.29) is 23.9 Å². The van der Waals surface area contributed by atoms with Crippen molar-refractivity contribution in [1.29, 1.82) is 0 Å². The molecule has 0 N–H and O–H groups in total. The maximum Gasteiger partial charge on any atom is 0.331 e. The van der Waals surface area contributed by atoms with Gasteiger partial charge < -0.3 is 4.74 Å². The number of carbonyl (C=O) groups is 2. The smallest absolute Gasteiger partial charge is 0.331 e. The van der Waals surface area contributed by atoms with Crippen LogP contribution in [0.2, 0.25) is 0 Å². The van der Waals surface area contributed by atoms with E-state index in [2.05, 4.69) is 5.92 Å². The Morgan fingerprint density at radius 3 is 2.48 bits per heavy atom. The molecule has 25 heavy (non-hydrogen) atoms. The molecule has 1 atom stereocenters. The zero-order valence-corrected chi connectivity index (χ0v) is 15.1. The van der Waals surface area contributed by atoms with E-state index >= 15 is 0 Å². The number of nitrogens with zero attached hydrogens (tertiary/aromatic N) is 1. The van der Waals surface area contributed by atoms with Gasteiger partial charge in [-0.2, -0.15) is 0 Å². The van der Waals surface area contributed by atoms with E-state index in [9.17, 15) is 14.4 Å². The predicted molar refractivity (Wildman–Crippen MR) is 96.9 cm³/mol. The molecule has 1 unspecified atom stereocenters. The highest BCUT2D eigenvalue weighted by Crippen LogP contribution is 2.25. The lowest BCUT2D eigenvalue weighted by molar-refractivity contribution is -0.147. The number of ketones is 1. The van der Waals surface area contributed by atoms with Gasteiger partial charge in [0, 0.05) is 11.1 Å². The second kappa shape index (κ2) is 7.95. The van der Waals surface area contributed by atoms with E-state index in [0.717, 1.165) is 11.5 Å². The first kappa shape index (κ1) is 18.7. The van der Waals surface area contributed by atoms with E-state index < -0.39 is 12.0 Å². The lowest BCUT2D eigenvalue weighted by atomic mass is 10.0. The van der Waals surface area contributed by atoms with Crippen LogP contribution in [0.5, 0.6) is 0 Å². The first-order valence-electron chi connectivity index (χ1n) is 7.80. The molecular weight excluding hydrogens is 338 g/mol. The van der Waals surface area contributed by atoms with Crippen LogP contribution in [0.25, 0.3) is 0 Å². The van der Waals surface area contributed by atoms with Gasteiger partial charge in [0.2, 0.25) is 5.78 Å². The number of carbonyl (C=O) groups excluding carboxylic acids is 2. The van der Waals surface area contributed by atoms with E-state index in [4.69, 9.17) is 11.2 Å². The third kappa shape index (κ3) is 3.89. The molecule has 0 saturated heterocycles. The minimum Gasteiger partial charge on any atom is -0.451 e. The average Bonchev–Trinajstić information content (AvgIpc) is 2.89. The zero-order valence-electron chi connectivity index (χ0n) is 14.3. The Kier molecular flexibility index (Phi) is 5.94. The molecule has 6 heteroatoms. The van der Waals surface area contributed by atoms with Gasteiger partial charge in [-0.05, 0) is 12.8 Å². The van der Waals surface area contributed by atoms with E-state index in [1.807, 2.05) is 19.9 Å². The van der Waals surface area contributed by atoms with Gasteiger partial charge in [-0.3, -0.25) is 9.59 Å². The fourth-order valence-corrected chi connectivity index (χ4v) is 3.71. The van der Waals surface area contributed by atoms with Crippen molar-refractivity contribution in [3.63, 3.8) is 0 Å². The molecule has 0 saturated carbocycles. The first-order chi connectivity index (χ1) is 11.9. The Morgan fingerprint density at radius 1 is 1.28 bits per heavy atom. The molecule has 0 radical (unpaired) electrons. The SMILES string of the molecule is C#CCOC(=O)C(C(C)C)n1sc(C(=O)c2ccccc2)c(C)c1=O. The lowest BCUT2D eigenvalue weighted by Gasteiger charge is -2.18. The second-order valence-corrected chi connectivity index (χ2v) is 6.86. The van der Waals surface area contributed by atoms with Crippen molar-refractivity contribution in [2.24, 2.45) is 5.92 Å². The highest BCUT2D eigenvalue weighted by molar-refractivity contribution is 7.09. The number of esters is 1. The van der Waals surface area contributed by atoms with Crippen molar-refractivity contribution < 1.29 is 14.3 Å². The molecule has 1 heterocycles. The van der Waals surface area contributed by atoms with Gasteiger partial charge >= 0.3 is 5.97 Å². The number of aromatic nitrogens is 1. The quantitative estimate of drug-likeness (QED) is 0.453. The van der Waals surface area contributed by atoms with Crippen molar-refractivity contribution in [1.82, 2.24) is 3.96 Å². The molecule has 0 aliphatic rings. The standard InChI is InChI=1S/C19H19NO4S/c1-5-11-24-19(23)15(12(2)3)20-18(22)13(4)17(25-20)16(21)14-9-7-6-8-10-14/h1,6-10,12,15H,11H2,2-4H3. The summed E-state index contributed by atoms with van der Waals surface area (Å²) in [6.07, 6.45) is 5.12. The maximum absolute atomic E-state index is 12.7. The Balaban J connectivity index is 2.46. The van der Waals surface area contributed by atoms with Gasteiger partial charge in [0.25, 0.3) is 5.56 Å². The van der Waals surface area contributed by atoms with Crippen molar-refractivity contribution >= 4 is 23.3 Å². The van der Waals surface area contributed by atoms with Crippen LogP contribution in [-0.4, -0.2) is 22.3 Å². The Morgan fingerprint density at radius 2 is 1.92 bits per heavy atom. The highest BCUT2D eigenvalue weighted by atomic mass is 32.1. The molecule has 2 aromatic rings. The van der Waals surface area contributed by atoms with Crippen LogP contribution in [0.4, 0.5) is 0 Å². The number of rotatable bonds is 6. The van der Waals surface area contributed by atoms with Crippen LogP contribution in [-0.2, 0) is 9.53 Å². The molecule has 5 nitrogen and oxygen atoms in total. The lowest BCUT2D eigenvalue weighted by Crippen LogP contribution is -2.31. The van der Waals surface area contributed by atoms with E-state index in [0.29, 0.717) is 16.0 Å². The topological polar surface area (TPSA) is 65.4 Å². The van der Waals surface area contributed by atoms with E-state index in [1.54, 1.807) is 31.2 Å². The second-order valence-electron chi connectivity index (χ2n) is 5.87. The molecule has 1 aromatic heterocycles. The summed E-state index contributed by atoms with van der Waals surface area (Å²) in [4.78, 5) is 37.9. The molecule has 0 amide bonds. The van der Waals surface area contributed by atoms with Crippen LogP contribution in [0.3, 0.4) is 0 Å². The summed E-state index contributed by atoms with van der Waals surface area (Å²) >= 11 is 0.989. The number of terminal acetylenes is 1. The Hall–Kier alpha value is -2.65. The molecule has 0 aliphatic carbocycles. The van der Waals surface area contributed by atoms with Crippen LogP contribution >= 0.6 is 11.5 Å². The molecule has 0 fully saturated rings. The maximum atomic E-state index is 12.7. The zero-order chi connectivity index (χ0) is 18.6. The molecular formula is C19H19NO4S. The normalized spacial score (nSPS) is 11.8. The van der Waals surface area contributed by atoms with Gasteiger partial charge in [-0.15, -0.1) is 6.42 Å². The monoisotopic (exact) mass is 357 g/mol. The van der Waals surface area contributed by atoms with Crippen molar-refractivity contribution in [3.8, 4) is 12.3 Å². The van der Waals surface area contributed by atoms with Crippen molar-refractivity contribution in [3.05, 3.63) is 56.7 Å². The Labute approximate surface area is 150 Å². The summed E-state index contributed by atoms with van der Waals surface area (Å²) in [7, 11) is 0. The summed E-state index contributed by atoms with van der Waals surface area (Å²) < 4.78 is 6.32. The van der Waals surface area contributed by atoms with Gasteiger partial charge in [0.15, 0.2) is 6.61 Å². The van der Waals surface area contributed by atoms with Gasteiger partial charge in [0.1, 0.15) is 10.9 Å². The van der Waals surface area contributed by atoms with Crippen molar-refractivity contribution in [2.45, 2.75) is 26.8 Å². The van der Waals surface area contributed by atoms with Crippen LogP contribution in [0.1, 0.15) is 40.7 Å².